The molecule has 0 fully saturated rings. The maximum Gasteiger partial charge on any atom is 0.251 e. The number of benzene rings is 1. The minimum absolute atomic E-state index is 0.214. The van der Waals surface area contributed by atoms with Crippen molar-refractivity contribution in [2.75, 3.05) is 5.32 Å². The van der Waals surface area contributed by atoms with Crippen molar-refractivity contribution in [1.82, 2.24) is 0 Å². The van der Waals surface area contributed by atoms with Crippen molar-refractivity contribution in [3.05, 3.63) is 57.5 Å². The lowest BCUT2D eigenvalue weighted by atomic mass is 9.72. The van der Waals surface area contributed by atoms with Crippen LogP contribution >= 0.6 is 11.3 Å². The van der Waals surface area contributed by atoms with Crippen molar-refractivity contribution in [3.63, 3.8) is 0 Å². The number of anilines is 1. The van der Waals surface area contributed by atoms with Gasteiger partial charge in [-0.3, -0.25) is 9.59 Å². The molecule has 2 aromatic rings. The van der Waals surface area contributed by atoms with Crippen LogP contribution in [0.1, 0.15) is 78.9 Å². The van der Waals surface area contributed by atoms with Crippen molar-refractivity contribution in [2.45, 2.75) is 59.8 Å². The van der Waals surface area contributed by atoms with E-state index in [0.717, 1.165) is 30.4 Å². The van der Waals surface area contributed by atoms with E-state index in [1.54, 1.807) is 6.08 Å². The van der Waals surface area contributed by atoms with Crippen LogP contribution in [0.25, 0.3) is 6.08 Å². The van der Waals surface area contributed by atoms with Crippen LogP contribution in [0.5, 0.6) is 0 Å². The van der Waals surface area contributed by atoms with Crippen LogP contribution in [-0.4, -0.2) is 11.8 Å². The summed E-state index contributed by atoms with van der Waals surface area (Å²) >= 11 is 1.50. The van der Waals surface area contributed by atoms with Gasteiger partial charge in [0.1, 0.15) is 5.00 Å². The largest absolute Gasteiger partial charge is 0.365 e. The van der Waals surface area contributed by atoms with E-state index in [4.69, 9.17) is 5.73 Å². The minimum atomic E-state index is -0.467. The summed E-state index contributed by atoms with van der Waals surface area (Å²) < 4.78 is 0. The van der Waals surface area contributed by atoms with Gasteiger partial charge in [-0.05, 0) is 59.3 Å². The first-order chi connectivity index (χ1) is 14.1. The van der Waals surface area contributed by atoms with Crippen LogP contribution in [0.15, 0.2) is 30.3 Å². The number of carbonyl (C=O) groups excluding carboxylic acids is 2. The number of rotatable bonds is 5. The third kappa shape index (κ3) is 5.01. The molecule has 0 saturated carbocycles. The second-order valence-corrected chi connectivity index (χ2v) is 10.6. The minimum Gasteiger partial charge on any atom is -0.365 e. The summed E-state index contributed by atoms with van der Waals surface area (Å²) in [5.74, 6) is 0.310. The van der Waals surface area contributed by atoms with E-state index in [1.165, 1.54) is 27.9 Å². The molecule has 30 heavy (non-hydrogen) atoms. The zero-order chi connectivity index (χ0) is 22.1. The summed E-state index contributed by atoms with van der Waals surface area (Å²) in [6.45, 7) is 11.1. The molecule has 0 bridgehead atoms. The van der Waals surface area contributed by atoms with Gasteiger partial charge < -0.3 is 11.1 Å². The number of hydrogen-bond donors (Lipinski definition) is 2. The van der Waals surface area contributed by atoms with E-state index >= 15 is 0 Å². The van der Waals surface area contributed by atoms with Gasteiger partial charge >= 0.3 is 0 Å². The molecular formula is C25H32N2O2S. The monoisotopic (exact) mass is 424 g/mol. The van der Waals surface area contributed by atoms with Crippen LogP contribution < -0.4 is 11.1 Å². The Hall–Kier alpha value is -2.40. The van der Waals surface area contributed by atoms with E-state index in [-0.39, 0.29) is 11.3 Å². The molecule has 1 atom stereocenters. The average molecular weight is 425 g/mol. The molecule has 1 aliphatic carbocycles. The highest BCUT2D eigenvalue weighted by Gasteiger charge is 2.33. The number of fused-ring (bicyclic) bond motifs is 1. The Balaban J connectivity index is 1.77. The highest BCUT2D eigenvalue weighted by molar-refractivity contribution is 7.17. The number of thiophene rings is 1. The first-order valence-electron chi connectivity index (χ1n) is 10.6. The number of nitrogens with one attached hydrogen (secondary N) is 1. The smallest absolute Gasteiger partial charge is 0.251 e. The molecular weight excluding hydrogens is 392 g/mol. The lowest BCUT2D eigenvalue weighted by molar-refractivity contribution is -0.111. The molecule has 3 N–H and O–H groups in total. The molecule has 4 nitrogen and oxygen atoms in total. The van der Waals surface area contributed by atoms with Gasteiger partial charge in [-0.2, -0.15) is 0 Å². The lowest BCUT2D eigenvalue weighted by Gasteiger charge is -2.33. The molecule has 1 heterocycles. The fraction of sp³-hybridized carbons (Fsp3) is 0.440. The standard InChI is InChI=1S/C25H32N2O2S/c1-15(2)17-9-6-16(7-10-17)8-13-21(28)27-24-22(23(26)29)19-12-11-18(25(3,4)5)14-20(19)30-24/h6-10,13,15,18H,11-12,14H2,1-5H3,(H2,26,29)(H,27,28)/b13-8+/t18-/m1/s1. The van der Waals surface area contributed by atoms with E-state index in [9.17, 15) is 9.59 Å². The number of nitrogens with two attached hydrogens (primary N) is 1. The fourth-order valence-corrected chi connectivity index (χ4v) is 5.33. The molecule has 0 spiro atoms. The zero-order valence-corrected chi connectivity index (χ0v) is 19.4. The quantitative estimate of drug-likeness (QED) is 0.598. The summed E-state index contributed by atoms with van der Waals surface area (Å²) in [6, 6.07) is 8.16. The first kappa shape index (κ1) is 22.3. The third-order valence-electron chi connectivity index (χ3n) is 6.00. The van der Waals surface area contributed by atoms with Gasteiger partial charge in [-0.1, -0.05) is 58.9 Å². The molecule has 0 radical (unpaired) electrons. The Labute approximate surface area is 183 Å². The second-order valence-electron chi connectivity index (χ2n) is 9.52. The highest BCUT2D eigenvalue weighted by Crippen LogP contribution is 2.44. The van der Waals surface area contributed by atoms with Gasteiger partial charge in [0.05, 0.1) is 5.56 Å². The molecule has 1 aliphatic rings. The van der Waals surface area contributed by atoms with E-state index in [0.29, 0.717) is 22.4 Å². The molecule has 0 unspecified atom stereocenters. The molecule has 0 saturated heterocycles. The van der Waals surface area contributed by atoms with Gasteiger partial charge in [0, 0.05) is 11.0 Å². The SMILES string of the molecule is CC(C)c1ccc(/C=C/C(=O)Nc2sc3c(c2C(N)=O)CC[C@@H](C(C)(C)C)C3)cc1. The number of primary amides is 1. The van der Waals surface area contributed by atoms with Crippen LogP contribution in [-0.2, 0) is 17.6 Å². The maximum atomic E-state index is 12.5. The Kier molecular flexibility index (Phi) is 6.51. The van der Waals surface area contributed by atoms with Crippen LogP contribution in [0.4, 0.5) is 5.00 Å². The first-order valence-corrected chi connectivity index (χ1v) is 11.4. The summed E-state index contributed by atoms with van der Waals surface area (Å²) in [5.41, 5.74) is 9.64. The highest BCUT2D eigenvalue weighted by atomic mass is 32.1. The summed E-state index contributed by atoms with van der Waals surface area (Å²) in [7, 11) is 0. The van der Waals surface area contributed by atoms with Gasteiger partial charge in [-0.15, -0.1) is 11.3 Å². The lowest BCUT2D eigenvalue weighted by Crippen LogP contribution is -2.27. The van der Waals surface area contributed by atoms with Gasteiger partial charge in [-0.25, -0.2) is 0 Å². The molecule has 1 aromatic carbocycles. The molecule has 2 amide bonds. The summed E-state index contributed by atoms with van der Waals surface area (Å²) in [4.78, 5) is 25.8. The van der Waals surface area contributed by atoms with Gasteiger partial charge in [0.25, 0.3) is 5.91 Å². The Morgan fingerprint density at radius 2 is 1.87 bits per heavy atom. The van der Waals surface area contributed by atoms with E-state index < -0.39 is 5.91 Å². The van der Waals surface area contributed by atoms with E-state index in [1.807, 2.05) is 12.1 Å². The van der Waals surface area contributed by atoms with Crippen molar-refractivity contribution < 1.29 is 9.59 Å². The van der Waals surface area contributed by atoms with Gasteiger partial charge in [0.2, 0.25) is 5.91 Å². The zero-order valence-electron chi connectivity index (χ0n) is 18.5. The topological polar surface area (TPSA) is 72.2 Å². The van der Waals surface area contributed by atoms with Crippen LogP contribution in [0.2, 0.25) is 0 Å². The maximum absolute atomic E-state index is 12.5. The Morgan fingerprint density at radius 3 is 2.43 bits per heavy atom. The molecule has 5 heteroatoms. The van der Waals surface area contributed by atoms with Crippen molar-refractivity contribution in [1.29, 1.82) is 0 Å². The summed E-state index contributed by atoms with van der Waals surface area (Å²) in [5, 5.41) is 3.47. The number of amides is 2. The number of hydrogen-bond acceptors (Lipinski definition) is 3. The van der Waals surface area contributed by atoms with Gasteiger partial charge in [0.15, 0.2) is 0 Å². The van der Waals surface area contributed by atoms with Crippen molar-refractivity contribution in [2.24, 2.45) is 17.1 Å². The second kappa shape index (κ2) is 8.76. The molecule has 0 aliphatic heterocycles. The Bertz CT molecular complexity index is 962. The predicted octanol–water partition coefficient (Wildman–Crippen LogP) is 5.77. The van der Waals surface area contributed by atoms with Crippen molar-refractivity contribution >= 4 is 34.2 Å². The molecule has 1 aromatic heterocycles. The summed E-state index contributed by atoms with van der Waals surface area (Å²) in [6.07, 6.45) is 6.09. The van der Waals surface area contributed by atoms with Crippen LogP contribution in [0, 0.1) is 11.3 Å². The van der Waals surface area contributed by atoms with Crippen molar-refractivity contribution in [3.8, 4) is 0 Å². The molecule has 3 rings (SSSR count). The predicted molar refractivity (Wildman–Crippen MR) is 126 cm³/mol. The normalized spacial score (nSPS) is 16.7. The fourth-order valence-electron chi connectivity index (χ4n) is 3.99. The van der Waals surface area contributed by atoms with Crippen LogP contribution in [0.3, 0.4) is 0 Å². The molecule has 160 valence electrons. The Morgan fingerprint density at radius 1 is 1.20 bits per heavy atom. The average Bonchev–Trinajstić information content (AvgIpc) is 3.03. The third-order valence-corrected chi connectivity index (χ3v) is 7.17. The number of carbonyl (C=O) groups is 2. The van der Waals surface area contributed by atoms with E-state index in [2.05, 4.69) is 52.1 Å².